The number of benzene rings is 3. The fourth-order valence-electron chi connectivity index (χ4n) is 4.37. The van der Waals surface area contributed by atoms with Gasteiger partial charge in [-0.15, -0.1) is 0 Å². The fourth-order valence-corrected chi connectivity index (χ4v) is 4.88. The number of hydrogen-bond donors (Lipinski definition) is 2. The molecule has 1 heterocycles. The van der Waals surface area contributed by atoms with Crippen molar-refractivity contribution in [3.63, 3.8) is 0 Å². The lowest BCUT2D eigenvalue weighted by Crippen LogP contribution is -2.49. The molecule has 0 saturated carbocycles. The van der Waals surface area contributed by atoms with Crippen LogP contribution in [-0.4, -0.2) is 54.6 Å². The molecule has 1 aliphatic heterocycles. The zero-order valence-electron chi connectivity index (χ0n) is 22.2. The standard InChI is InChI=1S/C30H33ClN4O3S/c1-3-4-18-38-24-10-7-9-22(19-24)28(36)33-30(39)32-23-12-13-27(26(31)20-23)34-14-16-35(17-15-34)29(37)25-11-6-5-8-21(25)2/h5-13,19-20H,3-4,14-18H2,1-2H3,(H2,32,33,36,39). The molecule has 9 heteroatoms. The minimum absolute atomic E-state index is 0.0599. The number of halogens is 1. The van der Waals surface area contributed by atoms with Gasteiger partial charge < -0.3 is 19.9 Å². The van der Waals surface area contributed by atoms with Gasteiger partial charge >= 0.3 is 0 Å². The molecule has 204 valence electrons. The molecular weight excluding hydrogens is 532 g/mol. The first-order chi connectivity index (χ1) is 18.9. The van der Waals surface area contributed by atoms with Gasteiger partial charge in [0.1, 0.15) is 5.75 Å². The van der Waals surface area contributed by atoms with E-state index >= 15 is 0 Å². The van der Waals surface area contributed by atoms with Crippen molar-refractivity contribution >= 4 is 52.1 Å². The zero-order valence-corrected chi connectivity index (χ0v) is 23.8. The Morgan fingerprint density at radius 2 is 1.77 bits per heavy atom. The Morgan fingerprint density at radius 3 is 2.49 bits per heavy atom. The Morgan fingerprint density at radius 1 is 1.00 bits per heavy atom. The highest BCUT2D eigenvalue weighted by molar-refractivity contribution is 7.80. The molecule has 1 aliphatic rings. The molecule has 1 fully saturated rings. The molecule has 1 saturated heterocycles. The second-order valence-electron chi connectivity index (χ2n) is 9.40. The van der Waals surface area contributed by atoms with Crippen LogP contribution in [0, 0.1) is 6.92 Å². The van der Waals surface area contributed by atoms with E-state index in [4.69, 9.17) is 28.6 Å². The lowest BCUT2D eigenvalue weighted by molar-refractivity contribution is 0.0746. The summed E-state index contributed by atoms with van der Waals surface area (Å²) in [6.07, 6.45) is 1.99. The van der Waals surface area contributed by atoms with Crippen LogP contribution in [0.3, 0.4) is 0 Å². The minimum Gasteiger partial charge on any atom is -0.494 e. The number of hydrogen-bond acceptors (Lipinski definition) is 5. The minimum atomic E-state index is -0.325. The summed E-state index contributed by atoms with van der Waals surface area (Å²) >= 11 is 12.0. The first kappa shape index (κ1) is 28.4. The topological polar surface area (TPSA) is 73.9 Å². The molecule has 7 nitrogen and oxygen atoms in total. The maximum Gasteiger partial charge on any atom is 0.257 e. The van der Waals surface area contributed by atoms with Gasteiger partial charge in [-0.1, -0.05) is 49.2 Å². The molecule has 0 bridgehead atoms. The number of nitrogens with zero attached hydrogens (tertiary/aromatic N) is 2. The number of piperazine rings is 1. The summed E-state index contributed by atoms with van der Waals surface area (Å²) in [5.74, 6) is 0.386. The quantitative estimate of drug-likeness (QED) is 0.261. The second kappa shape index (κ2) is 13.4. The van der Waals surface area contributed by atoms with Crippen LogP contribution < -0.4 is 20.3 Å². The van der Waals surface area contributed by atoms with Gasteiger partial charge in [0.05, 0.1) is 17.3 Å². The van der Waals surface area contributed by atoms with E-state index in [0.717, 1.165) is 29.7 Å². The highest BCUT2D eigenvalue weighted by Crippen LogP contribution is 2.30. The van der Waals surface area contributed by atoms with Crippen LogP contribution in [0.5, 0.6) is 5.75 Å². The van der Waals surface area contributed by atoms with Gasteiger partial charge in [-0.3, -0.25) is 14.9 Å². The predicted molar refractivity (Wildman–Crippen MR) is 161 cm³/mol. The third-order valence-corrected chi connectivity index (χ3v) is 7.09. The van der Waals surface area contributed by atoms with Gasteiger partial charge in [-0.25, -0.2) is 0 Å². The SMILES string of the molecule is CCCCOc1cccc(C(=O)NC(=S)Nc2ccc(N3CCN(C(=O)c4ccccc4C)CC3)c(Cl)c2)c1. The summed E-state index contributed by atoms with van der Waals surface area (Å²) < 4.78 is 5.69. The van der Waals surface area contributed by atoms with E-state index in [1.807, 2.05) is 54.3 Å². The number of aryl methyl sites for hydroxylation is 1. The molecule has 3 aromatic carbocycles. The first-order valence-electron chi connectivity index (χ1n) is 13.1. The number of anilines is 2. The van der Waals surface area contributed by atoms with E-state index in [9.17, 15) is 9.59 Å². The number of carbonyl (C=O) groups excluding carboxylic acids is 2. The molecule has 2 N–H and O–H groups in total. The fraction of sp³-hybridized carbons (Fsp3) is 0.300. The Hall–Kier alpha value is -3.62. The summed E-state index contributed by atoms with van der Waals surface area (Å²) in [5.41, 5.74) is 3.74. The summed E-state index contributed by atoms with van der Waals surface area (Å²) in [6.45, 7) is 7.26. The number of nitrogens with one attached hydrogen (secondary N) is 2. The van der Waals surface area contributed by atoms with Crippen molar-refractivity contribution in [3.8, 4) is 5.75 Å². The maximum atomic E-state index is 12.9. The van der Waals surface area contributed by atoms with Gasteiger partial charge in [0.25, 0.3) is 11.8 Å². The van der Waals surface area contributed by atoms with Crippen molar-refractivity contribution in [1.82, 2.24) is 10.2 Å². The van der Waals surface area contributed by atoms with Gasteiger partial charge in [0.2, 0.25) is 0 Å². The molecule has 0 spiro atoms. The molecule has 0 aromatic heterocycles. The van der Waals surface area contributed by atoms with Gasteiger partial charge in [-0.2, -0.15) is 0 Å². The average Bonchev–Trinajstić information content (AvgIpc) is 2.93. The monoisotopic (exact) mass is 564 g/mol. The highest BCUT2D eigenvalue weighted by atomic mass is 35.5. The molecular formula is C30H33ClN4O3S. The Balaban J connectivity index is 1.30. The van der Waals surface area contributed by atoms with Crippen molar-refractivity contribution in [3.05, 3.63) is 88.4 Å². The zero-order chi connectivity index (χ0) is 27.8. The first-order valence-corrected chi connectivity index (χ1v) is 13.9. The summed E-state index contributed by atoms with van der Waals surface area (Å²) in [7, 11) is 0. The van der Waals surface area contributed by atoms with Crippen LogP contribution in [0.4, 0.5) is 11.4 Å². The van der Waals surface area contributed by atoms with Gasteiger partial charge in [-0.05, 0) is 73.6 Å². The Bertz CT molecular complexity index is 1340. The summed E-state index contributed by atoms with van der Waals surface area (Å²) in [6, 6.07) is 20.3. The lowest BCUT2D eigenvalue weighted by Gasteiger charge is -2.36. The van der Waals surface area contributed by atoms with Crippen molar-refractivity contribution in [2.24, 2.45) is 0 Å². The van der Waals surface area contributed by atoms with Crippen molar-refractivity contribution in [1.29, 1.82) is 0 Å². The largest absolute Gasteiger partial charge is 0.494 e. The molecule has 0 unspecified atom stereocenters. The van der Waals surface area contributed by atoms with Crippen molar-refractivity contribution < 1.29 is 14.3 Å². The van der Waals surface area contributed by atoms with E-state index in [-0.39, 0.29) is 16.9 Å². The average molecular weight is 565 g/mol. The lowest BCUT2D eigenvalue weighted by atomic mass is 10.1. The predicted octanol–water partition coefficient (Wildman–Crippen LogP) is 5.92. The number of rotatable bonds is 8. The molecule has 2 amide bonds. The van der Waals surface area contributed by atoms with Crippen LogP contribution in [-0.2, 0) is 0 Å². The Kier molecular flexibility index (Phi) is 9.79. The summed E-state index contributed by atoms with van der Waals surface area (Å²) in [5, 5.41) is 6.46. The normalized spacial score (nSPS) is 13.1. The van der Waals surface area contributed by atoms with E-state index in [1.54, 1.807) is 24.3 Å². The maximum absolute atomic E-state index is 12.9. The molecule has 3 aromatic rings. The third kappa shape index (κ3) is 7.49. The van der Waals surface area contributed by atoms with Crippen LogP contribution in [0.1, 0.15) is 46.0 Å². The molecule has 0 aliphatic carbocycles. The van der Waals surface area contributed by atoms with Gasteiger partial charge in [0, 0.05) is 43.0 Å². The van der Waals surface area contributed by atoms with E-state index < -0.39 is 0 Å². The number of thiocarbonyl (C=S) groups is 1. The Labute approximate surface area is 240 Å². The smallest absolute Gasteiger partial charge is 0.257 e. The molecule has 39 heavy (non-hydrogen) atoms. The number of carbonyl (C=O) groups is 2. The van der Waals surface area contributed by atoms with Crippen LogP contribution in [0.2, 0.25) is 5.02 Å². The third-order valence-electron chi connectivity index (χ3n) is 6.58. The van der Waals surface area contributed by atoms with Crippen molar-refractivity contribution in [2.75, 3.05) is 43.0 Å². The van der Waals surface area contributed by atoms with Crippen molar-refractivity contribution in [2.45, 2.75) is 26.7 Å². The number of ether oxygens (including phenoxy) is 1. The van der Waals surface area contributed by atoms with Crippen LogP contribution in [0.25, 0.3) is 0 Å². The number of amides is 2. The van der Waals surface area contributed by atoms with Crippen LogP contribution in [0.15, 0.2) is 66.7 Å². The van der Waals surface area contributed by atoms with Crippen LogP contribution >= 0.6 is 23.8 Å². The van der Waals surface area contributed by atoms with E-state index in [2.05, 4.69) is 22.5 Å². The van der Waals surface area contributed by atoms with E-state index in [0.29, 0.717) is 54.8 Å². The number of unbranched alkanes of at least 4 members (excludes halogenated alkanes) is 1. The summed E-state index contributed by atoms with van der Waals surface area (Å²) in [4.78, 5) is 29.7. The molecule has 0 atom stereocenters. The molecule has 0 radical (unpaired) electrons. The second-order valence-corrected chi connectivity index (χ2v) is 10.2. The molecule has 4 rings (SSSR count). The van der Waals surface area contributed by atoms with E-state index in [1.165, 1.54) is 0 Å². The highest BCUT2D eigenvalue weighted by Gasteiger charge is 2.24. The van der Waals surface area contributed by atoms with Gasteiger partial charge in [0.15, 0.2) is 5.11 Å².